The van der Waals surface area contributed by atoms with Crippen LogP contribution in [-0.2, 0) is 4.79 Å². The molecule has 6 rings (SSSR count). The van der Waals surface area contributed by atoms with Crippen molar-refractivity contribution < 1.29 is 9.59 Å². The molecule has 0 saturated carbocycles. The number of para-hydroxylation sites is 1. The van der Waals surface area contributed by atoms with Crippen LogP contribution in [0.2, 0.25) is 0 Å². The lowest BCUT2D eigenvalue weighted by Gasteiger charge is -2.11. The van der Waals surface area contributed by atoms with Crippen molar-refractivity contribution in [2.45, 2.75) is 0 Å². The topological polar surface area (TPSA) is 47.0 Å². The molecule has 0 fully saturated rings. The van der Waals surface area contributed by atoms with Gasteiger partial charge in [0.25, 0.3) is 0 Å². The Bertz CT molecular complexity index is 1660. The van der Waals surface area contributed by atoms with Gasteiger partial charge in [0.2, 0.25) is 5.78 Å². The van der Waals surface area contributed by atoms with Crippen molar-refractivity contribution in [2.75, 3.05) is 0 Å². The minimum absolute atomic E-state index is 0.399. The lowest BCUT2D eigenvalue weighted by molar-refractivity contribution is -0.104. The summed E-state index contributed by atoms with van der Waals surface area (Å²) in [5.41, 5.74) is 4.71. The molecule has 3 nitrogen and oxygen atoms in total. The lowest BCUT2D eigenvalue weighted by Crippen LogP contribution is -2.02. The number of hydrogen-bond acceptors (Lipinski definition) is 4. The van der Waals surface area contributed by atoms with Gasteiger partial charge in [0, 0.05) is 11.1 Å². The lowest BCUT2D eigenvalue weighted by atomic mass is 9.92. The van der Waals surface area contributed by atoms with Crippen LogP contribution < -0.4 is 0 Å². The van der Waals surface area contributed by atoms with Gasteiger partial charge in [-0.3, -0.25) is 9.59 Å². The number of Topliss-reactive ketones (excluding diaryl/α,β-unsaturated/α-hetero) is 1. The third-order valence-corrected chi connectivity index (χ3v) is 7.06. The highest BCUT2D eigenvalue weighted by Gasteiger charge is 2.15. The van der Waals surface area contributed by atoms with Gasteiger partial charge < -0.3 is 0 Å². The number of carbonyl (C=O) groups excluding carboxylic acids is 2. The number of aldehydes is 1. The summed E-state index contributed by atoms with van der Waals surface area (Å²) < 4.78 is 1.18. The first kappa shape index (κ1) is 19.5. The molecule has 1 aromatic heterocycles. The fourth-order valence-electron chi connectivity index (χ4n) is 4.38. The Labute approximate surface area is 194 Å². The molecule has 0 aliphatic rings. The summed E-state index contributed by atoms with van der Waals surface area (Å²) in [6, 6.07) is 32.3. The molecule has 0 amide bonds. The molecule has 4 heteroatoms. The zero-order valence-electron chi connectivity index (χ0n) is 17.5. The van der Waals surface area contributed by atoms with Crippen LogP contribution in [0, 0.1) is 0 Å². The Morgan fingerprint density at radius 2 is 1.39 bits per heavy atom. The van der Waals surface area contributed by atoms with Gasteiger partial charge in [-0.2, -0.15) is 0 Å². The largest absolute Gasteiger partial charge is 0.294 e. The quantitative estimate of drug-likeness (QED) is 0.124. The summed E-state index contributed by atoms with van der Waals surface area (Å²) in [7, 11) is 0. The van der Waals surface area contributed by atoms with Crippen LogP contribution in [0.5, 0.6) is 0 Å². The van der Waals surface area contributed by atoms with Gasteiger partial charge in [-0.05, 0) is 56.9 Å². The van der Waals surface area contributed by atoms with E-state index in [1.807, 2.05) is 54.6 Å². The van der Waals surface area contributed by atoms with Crippen LogP contribution in [0.25, 0.3) is 53.5 Å². The average molecular weight is 444 g/mol. The predicted octanol–water partition coefficient (Wildman–Crippen LogP) is 7.32. The van der Waals surface area contributed by atoms with Crippen LogP contribution >= 0.6 is 11.3 Å². The predicted molar refractivity (Wildman–Crippen MR) is 136 cm³/mol. The second-order valence-corrected chi connectivity index (χ2v) is 8.99. The molecule has 0 spiro atoms. The summed E-state index contributed by atoms with van der Waals surface area (Å²) >= 11 is 1.69. The minimum Gasteiger partial charge on any atom is -0.294 e. The maximum absolute atomic E-state index is 12.5. The molecule has 6 aromatic rings. The highest BCUT2D eigenvalue weighted by molar-refractivity contribution is 7.21. The minimum atomic E-state index is -0.496. The third kappa shape index (κ3) is 3.32. The van der Waals surface area contributed by atoms with E-state index in [-0.39, 0.29) is 0 Å². The Morgan fingerprint density at radius 1 is 0.697 bits per heavy atom. The standard InChI is InChI=1S/C29H17NO2S/c31-17-26(32)28-23-6-2-1-5-21(23)16-22-15-20(13-14-24(22)28)18-9-11-19(12-10-18)29-30-25-7-3-4-8-27(25)33-29/h1-17H. The number of fused-ring (bicyclic) bond motifs is 3. The van der Waals surface area contributed by atoms with E-state index in [9.17, 15) is 9.59 Å². The van der Waals surface area contributed by atoms with E-state index >= 15 is 0 Å². The fraction of sp³-hybridized carbons (Fsp3) is 0. The molecule has 0 bridgehead atoms. The molecule has 1 heterocycles. The van der Waals surface area contributed by atoms with Crippen molar-refractivity contribution in [1.29, 1.82) is 0 Å². The molecule has 0 unspecified atom stereocenters. The van der Waals surface area contributed by atoms with Gasteiger partial charge in [-0.15, -0.1) is 11.3 Å². The van der Waals surface area contributed by atoms with Crippen molar-refractivity contribution in [3.05, 3.63) is 103 Å². The number of carbonyl (C=O) groups is 2. The molecular weight excluding hydrogens is 426 g/mol. The van der Waals surface area contributed by atoms with Crippen LogP contribution in [0.3, 0.4) is 0 Å². The molecule has 0 N–H and O–H groups in total. The first-order valence-corrected chi connectivity index (χ1v) is 11.4. The molecule has 0 radical (unpaired) electrons. The molecule has 33 heavy (non-hydrogen) atoms. The van der Waals surface area contributed by atoms with Crippen LogP contribution in [0.4, 0.5) is 0 Å². The highest BCUT2D eigenvalue weighted by Crippen LogP contribution is 2.34. The summed E-state index contributed by atoms with van der Waals surface area (Å²) in [5.74, 6) is -0.496. The molecular formula is C29H17NO2S. The van der Waals surface area contributed by atoms with Crippen LogP contribution in [0.1, 0.15) is 10.4 Å². The van der Waals surface area contributed by atoms with E-state index in [2.05, 4.69) is 42.5 Å². The van der Waals surface area contributed by atoms with E-state index in [1.165, 1.54) is 4.70 Å². The Morgan fingerprint density at radius 3 is 2.21 bits per heavy atom. The van der Waals surface area contributed by atoms with Crippen LogP contribution in [-0.4, -0.2) is 17.1 Å². The number of hydrogen-bond donors (Lipinski definition) is 0. The zero-order valence-corrected chi connectivity index (χ0v) is 18.3. The van der Waals surface area contributed by atoms with E-state index in [0.29, 0.717) is 11.8 Å². The van der Waals surface area contributed by atoms with Gasteiger partial charge in [0.15, 0.2) is 6.29 Å². The Hall–Kier alpha value is -4.15. The number of rotatable bonds is 4. The first-order valence-electron chi connectivity index (χ1n) is 10.6. The van der Waals surface area contributed by atoms with Gasteiger partial charge in [-0.1, -0.05) is 72.8 Å². The van der Waals surface area contributed by atoms with Gasteiger partial charge in [-0.25, -0.2) is 4.98 Å². The number of benzene rings is 5. The maximum atomic E-state index is 12.5. The Balaban J connectivity index is 1.44. The number of thiazole rings is 1. The van der Waals surface area contributed by atoms with Gasteiger partial charge >= 0.3 is 0 Å². The van der Waals surface area contributed by atoms with Gasteiger partial charge in [0.05, 0.1) is 10.2 Å². The molecule has 0 aliphatic heterocycles. The number of ketones is 1. The zero-order chi connectivity index (χ0) is 22.4. The summed E-state index contributed by atoms with van der Waals surface area (Å²) in [6.45, 7) is 0. The molecule has 156 valence electrons. The summed E-state index contributed by atoms with van der Waals surface area (Å²) in [6.07, 6.45) is 0.399. The maximum Gasteiger partial charge on any atom is 0.226 e. The highest BCUT2D eigenvalue weighted by atomic mass is 32.1. The van der Waals surface area contributed by atoms with Crippen molar-refractivity contribution >= 4 is 55.2 Å². The third-order valence-electron chi connectivity index (χ3n) is 5.97. The van der Waals surface area contributed by atoms with Crippen LogP contribution in [0.15, 0.2) is 97.1 Å². The molecule has 0 saturated heterocycles. The molecule has 0 aliphatic carbocycles. The normalized spacial score (nSPS) is 11.3. The SMILES string of the molecule is O=CC(=O)c1c2ccccc2cc2cc(-c3ccc(-c4nc5ccccc5s4)cc3)ccc12. The molecule has 5 aromatic carbocycles. The number of aromatic nitrogens is 1. The van der Waals surface area contributed by atoms with Crippen molar-refractivity contribution in [1.82, 2.24) is 4.98 Å². The second kappa shape index (κ2) is 7.76. The van der Waals surface area contributed by atoms with Gasteiger partial charge in [0.1, 0.15) is 5.01 Å². The van der Waals surface area contributed by atoms with Crippen molar-refractivity contribution in [2.24, 2.45) is 0 Å². The average Bonchev–Trinajstić information content (AvgIpc) is 3.31. The fourth-order valence-corrected chi connectivity index (χ4v) is 5.35. The first-order chi connectivity index (χ1) is 16.2. The second-order valence-electron chi connectivity index (χ2n) is 7.95. The number of nitrogens with zero attached hydrogens (tertiary/aromatic N) is 1. The Kier molecular flexibility index (Phi) is 4.60. The van der Waals surface area contributed by atoms with E-state index in [4.69, 9.17) is 4.98 Å². The summed E-state index contributed by atoms with van der Waals surface area (Å²) in [4.78, 5) is 28.5. The smallest absolute Gasteiger partial charge is 0.226 e. The van der Waals surface area contributed by atoms with Crippen molar-refractivity contribution in [3.63, 3.8) is 0 Å². The van der Waals surface area contributed by atoms with Crippen molar-refractivity contribution in [3.8, 4) is 21.7 Å². The van der Waals surface area contributed by atoms with E-state index in [1.54, 1.807) is 11.3 Å². The summed E-state index contributed by atoms with van der Waals surface area (Å²) in [5, 5.41) is 4.48. The van der Waals surface area contributed by atoms with E-state index in [0.717, 1.165) is 48.8 Å². The monoisotopic (exact) mass is 443 g/mol. The molecule has 0 atom stereocenters. The van der Waals surface area contributed by atoms with E-state index < -0.39 is 5.78 Å².